The minimum absolute atomic E-state index is 0.178. The van der Waals surface area contributed by atoms with Crippen LogP contribution in [-0.4, -0.2) is 54.0 Å². The Morgan fingerprint density at radius 1 is 0.902 bits per heavy atom. The van der Waals surface area contributed by atoms with Gasteiger partial charge in [0, 0.05) is 18.7 Å². The van der Waals surface area contributed by atoms with Gasteiger partial charge in [0.15, 0.2) is 6.61 Å². The Hall–Kier alpha value is -3.86. The highest BCUT2D eigenvalue weighted by Gasteiger charge is 2.45. The van der Waals surface area contributed by atoms with Gasteiger partial charge in [-0.05, 0) is 74.0 Å². The van der Waals surface area contributed by atoms with Gasteiger partial charge in [-0.1, -0.05) is 43.0 Å². The van der Waals surface area contributed by atoms with Crippen LogP contribution < -0.4 is 25.4 Å². The Morgan fingerprint density at radius 2 is 1.63 bits per heavy atom. The van der Waals surface area contributed by atoms with Crippen LogP contribution in [0.2, 0.25) is 0 Å². The molecule has 0 atom stereocenters. The standard InChI is InChI=1S/C30H35F3N6O2/c1-21-23-7-5-22(6-8-23)19-26-36-27(38-28(37-26)41-20-30(31,32)33)39-29(13-14-29)24-9-11-25(12-10-24)40-18-4-16-34-15-2-3-17-35-21/h5-12,34-35H,1-4,13-20H2,(H,36,37,38,39). The van der Waals surface area contributed by atoms with Crippen LogP contribution in [0.5, 0.6) is 11.8 Å². The first kappa shape index (κ1) is 28.7. The van der Waals surface area contributed by atoms with Gasteiger partial charge in [-0.25, -0.2) is 0 Å². The van der Waals surface area contributed by atoms with Crippen molar-refractivity contribution in [2.75, 3.05) is 38.2 Å². The molecule has 6 bridgehead atoms. The van der Waals surface area contributed by atoms with E-state index in [1.54, 1.807) is 0 Å². The fourth-order valence-electron chi connectivity index (χ4n) is 4.67. The summed E-state index contributed by atoms with van der Waals surface area (Å²) in [6.45, 7) is 5.94. The average molecular weight is 569 g/mol. The Labute approximate surface area is 237 Å². The second-order valence-electron chi connectivity index (χ2n) is 10.4. The fraction of sp³-hybridized carbons (Fsp3) is 0.433. The van der Waals surface area contributed by atoms with Crippen LogP contribution in [0.3, 0.4) is 0 Å². The molecule has 3 aromatic rings. The third kappa shape index (κ3) is 8.32. The third-order valence-corrected chi connectivity index (χ3v) is 7.08. The van der Waals surface area contributed by atoms with E-state index in [4.69, 9.17) is 9.47 Å². The third-order valence-electron chi connectivity index (χ3n) is 7.08. The summed E-state index contributed by atoms with van der Waals surface area (Å²) >= 11 is 0. The van der Waals surface area contributed by atoms with E-state index in [0.29, 0.717) is 18.9 Å². The van der Waals surface area contributed by atoms with Crippen molar-refractivity contribution in [1.82, 2.24) is 25.6 Å². The molecule has 218 valence electrons. The lowest BCUT2D eigenvalue weighted by atomic mass is 10.1. The highest BCUT2D eigenvalue weighted by Crippen LogP contribution is 2.48. The Balaban J connectivity index is 1.39. The van der Waals surface area contributed by atoms with Crippen LogP contribution in [0.15, 0.2) is 55.1 Å². The van der Waals surface area contributed by atoms with Gasteiger partial charge in [0.2, 0.25) is 5.95 Å². The molecular weight excluding hydrogens is 533 g/mol. The molecular formula is C30H35F3N6O2. The Bertz CT molecular complexity index is 1310. The largest absolute Gasteiger partial charge is 0.494 e. The summed E-state index contributed by atoms with van der Waals surface area (Å²) in [5, 5.41) is 10.2. The molecule has 3 aliphatic heterocycles. The zero-order chi connectivity index (χ0) is 28.7. The Kier molecular flexibility index (Phi) is 8.92. The molecule has 11 heteroatoms. The van der Waals surface area contributed by atoms with Gasteiger partial charge >= 0.3 is 12.2 Å². The molecule has 8 nitrogen and oxygen atoms in total. The SMILES string of the molecule is C=C1NCCCCNCCCOc2ccc(cc2)C2(CC2)Nc2nc(nc(OCC(F)(F)F)n2)Cc2ccc1cc2. The number of halogens is 3. The number of hydrogen-bond acceptors (Lipinski definition) is 8. The first-order valence-electron chi connectivity index (χ1n) is 14.0. The summed E-state index contributed by atoms with van der Waals surface area (Å²) < 4.78 is 49.5. The van der Waals surface area contributed by atoms with E-state index in [-0.39, 0.29) is 12.0 Å². The lowest BCUT2D eigenvalue weighted by molar-refractivity contribution is -0.154. The number of hydrogen-bond donors (Lipinski definition) is 3. The smallest absolute Gasteiger partial charge is 0.422 e. The van der Waals surface area contributed by atoms with Crippen molar-refractivity contribution in [3.8, 4) is 11.8 Å². The van der Waals surface area contributed by atoms with Gasteiger partial charge in [-0.3, -0.25) is 0 Å². The van der Waals surface area contributed by atoms with Crippen LogP contribution in [-0.2, 0) is 12.0 Å². The molecule has 1 aliphatic carbocycles. The number of aromatic nitrogens is 3. The van der Waals surface area contributed by atoms with E-state index in [1.807, 2.05) is 48.5 Å². The van der Waals surface area contributed by atoms with Crippen molar-refractivity contribution in [2.24, 2.45) is 0 Å². The lowest BCUT2D eigenvalue weighted by Gasteiger charge is -2.19. The van der Waals surface area contributed by atoms with Gasteiger partial charge < -0.3 is 25.4 Å². The molecule has 0 radical (unpaired) electrons. The Morgan fingerprint density at radius 3 is 2.37 bits per heavy atom. The molecule has 3 N–H and O–H groups in total. The number of benzene rings is 2. The number of alkyl halides is 3. The molecule has 7 rings (SSSR count). The van der Waals surface area contributed by atoms with Crippen molar-refractivity contribution in [3.05, 3.63) is 77.6 Å². The van der Waals surface area contributed by atoms with Crippen LogP contribution in [0.1, 0.15) is 54.6 Å². The first-order valence-corrected chi connectivity index (χ1v) is 14.0. The van der Waals surface area contributed by atoms with Gasteiger partial charge in [-0.15, -0.1) is 0 Å². The number of rotatable bonds is 2. The molecule has 41 heavy (non-hydrogen) atoms. The van der Waals surface area contributed by atoms with Gasteiger partial charge in [0.25, 0.3) is 0 Å². The maximum atomic E-state index is 12.9. The van der Waals surface area contributed by atoms with E-state index in [0.717, 1.165) is 79.9 Å². The molecule has 1 spiro atoms. The van der Waals surface area contributed by atoms with Gasteiger partial charge in [-0.2, -0.15) is 28.1 Å². The van der Waals surface area contributed by atoms with E-state index in [2.05, 4.69) is 37.5 Å². The van der Waals surface area contributed by atoms with Crippen LogP contribution in [0, 0.1) is 0 Å². The van der Waals surface area contributed by atoms with Crippen LogP contribution in [0.4, 0.5) is 19.1 Å². The normalized spacial score (nSPS) is 18.0. The summed E-state index contributed by atoms with van der Waals surface area (Å²) in [4.78, 5) is 12.9. The van der Waals surface area contributed by atoms with Gasteiger partial charge in [0.05, 0.1) is 12.1 Å². The van der Waals surface area contributed by atoms with Crippen molar-refractivity contribution in [2.45, 2.75) is 50.2 Å². The molecule has 1 fully saturated rings. The molecule has 4 aliphatic rings. The zero-order valence-electron chi connectivity index (χ0n) is 22.9. The maximum Gasteiger partial charge on any atom is 0.422 e. The van der Waals surface area contributed by atoms with E-state index in [9.17, 15) is 13.2 Å². The summed E-state index contributed by atoms with van der Waals surface area (Å²) in [6.07, 6.45) is 0.422. The number of fused-ring (bicyclic) bond motifs is 2. The molecule has 0 amide bonds. The number of anilines is 1. The number of nitrogens with one attached hydrogen (secondary N) is 3. The highest BCUT2D eigenvalue weighted by atomic mass is 19.4. The number of nitrogens with zero attached hydrogens (tertiary/aromatic N) is 3. The first-order chi connectivity index (χ1) is 19.8. The second kappa shape index (κ2) is 12.8. The fourth-order valence-corrected chi connectivity index (χ4v) is 4.67. The second-order valence-corrected chi connectivity index (χ2v) is 10.4. The van der Waals surface area contributed by atoms with E-state index >= 15 is 0 Å². The molecule has 1 aromatic heterocycles. The van der Waals surface area contributed by atoms with Crippen molar-refractivity contribution in [3.63, 3.8) is 0 Å². The summed E-state index contributed by atoms with van der Waals surface area (Å²) in [5.41, 5.74) is 3.31. The van der Waals surface area contributed by atoms with Crippen molar-refractivity contribution in [1.29, 1.82) is 0 Å². The zero-order valence-corrected chi connectivity index (χ0v) is 22.9. The summed E-state index contributed by atoms with van der Waals surface area (Å²) in [6, 6.07) is 15.3. The lowest BCUT2D eigenvalue weighted by Crippen LogP contribution is -2.23. The quantitative estimate of drug-likeness (QED) is 0.388. The van der Waals surface area contributed by atoms with Crippen molar-refractivity contribution < 1.29 is 22.6 Å². The monoisotopic (exact) mass is 568 g/mol. The topological polar surface area (TPSA) is 93.2 Å². The van der Waals surface area contributed by atoms with E-state index < -0.39 is 18.3 Å². The van der Waals surface area contributed by atoms with Gasteiger partial charge in [0.1, 0.15) is 11.6 Å². The molecule has 0 saturated heterocycles. The highest BCUT2D eigenvalue weighted by molar-refractivity contribution is 5.61. The van der Waals surface area contributed by atoms with Crippen molar-refractivity contribution >= 4 is 11.6 Å². The minimum Gasteiger partial charge on any atom is -0.494 e. The molecule has 2 aromatic carbocycles. The summed E-state index contributed by atoms with van der Waals surface area (Å²) in [7, 11) is 0. The number of ether oxygens (including phenoxy) is 2. The van der Waals surface area contributed by atoms with Crippen LogP contribution >= 0.6 is 0 Å². The predicted molar refractivity (Wildman–Crippen MR) is 151 cm³/mol. The van der Waals surface area contributed by atoms with E-state index in [1.165, 1.54) is 0 Å². The predicted octanol–water partition coefficient (Wildman–Crippen LogP) is 5.22. The molecule has 0 unspecified atom stereocenters. The minimum atomic E-state index is -4.51. The average Bonchev–Trinajstić information content (AvgIpc) is 3.73. The summed E-state index contributed by atoms with van der Waals surface area (Å²) in [5.74, 6) is 1.28. The maximum absolute atomic E-state index is 12.9. The van der Waals surface area contributed by atoms with Crippen LogP contribution in [0.25, 0.3) is 5.70 Å². The molecule has 1 saturated carbocycles. The molecule has 4 heterocycles.